The molecule has 4 aromatic carbocycles. The van der Waals surface area contributed by atoms with Gasteiger partial charge in [-0.1, -0.05) is 135 Å². The van der Waals surface area contributed by atoms with Gasteiger partial charge in [-0.2, -0.15) is 0 Å². The Balaban J connectivity index is 1.25. The summed E-state index contributed by atoms with van der Waals surface area (Å²) in [6, 6.07) is 39.8. The molecule has 2 amide bonds. The van der Waals surface area contributed by atoms with Crippen LogP contribution < -0.4 is 10.6 Å². The Morgan fingerprint density at radius 3 is 1.36 bits per heavy atom. The van der Waals surface area contributed by atoms with E-state index in [0.717, 1.165) is 22.3 Å². The van der Waals surface area contributed by atoms with Crippen molar-refractivity contribution in [1.82, 2.24) is 10.6 Å². The van der Waals surface area contributed by atoms with E-state index in [1.807, 2.05) is 121 Å². The standard InChI is InChI=1S/C35H36N2O2/c1-35(2)29(24-31(38)36-32(25-15-7-3-8-16-25)26-17-9-4-10-18-26)23-30(35)34(39)37-33(27-19-11-5-12-20-27)28-21-13-6-14-22-28/h3-22,29-30,32-33H,23-24H2,1-2H3,(H,36,38)(H,37,39)/t29-,30-/m1/s1. The van der Waals surface area contributed by atoms with Gasteiger partial charge < -0.3 is 10.6 Å². The summed E-state index contributed by atoms with van der Waals surface area (Å²) in [5, 5.41) is 6.58. The highest BCUT2D eigenvalue weighted by Crippen LogP contribution is 2.53. The maximum Gasteiger partial charge on any atom is 0.224 e. The van der Waals surface area contributed by atoms with Crippen LogP contribution in [0.15, 0.2) is 121 Å². The van der Waals surface area contributed by atoms with E-state index in [2.05, 4.69) is 24.5 Å². The second-order valence-corrected chi connectivity index (χ2v) is 11.1. The number of amides is 2. The summed E-state index contributed by atoms with van der Waals surface area (Å²) in [5.41, 5.74) is 3.93. The molecule has 1 aliphatic rings. The quantitative estimate of drug-likeness (QED) is 0.256. The molecule has 198 valence electrons. The Hall–Kier alpha value is -4.18. The molecule has 0 aliphatic heterocycles. The SMILES string of the molecule is CC1(C)[C@@H](CC(=O)NC(c2ccccc2)c2ccccc2)C[C@@H]1C(=O)NC(c1ccccc1)c1ccccc1. The van der Waals surface area contributed by atoms with Crippen molar-refractivity contribution >= 4 is 11.8 Å². The second-order valence-electron chi connectivity index (χ2n) is 11.1. The van der Waals surface area contributed by atoms with Gasteiger partial charge in [-0.05, 0) is 40.0 Å². The number of rotatable bonds is 9. The van der Waals surface area contributed by atoms with E-state index in [1.165, 1.54) is 0 Å². The zero-order valence-corrected chi connectivity index (χ0v) is 22.6. The van der Waals surface area contributed by atoms with Crippen LogP contribution in [-0.2, 0) is 9.59 Å². The van der Waals surface area contributed by atoms with Crippen LogP contribution in [0.1, 0.15) is 61.0 Å². The third kappa shape index (κ3) is 5.96. The molecule has 4 nitrogen and oxygen atoms in total. The molecule has 4 aromatic rings. The molecule has 0 bridgehead atoms. The minimum absolute atomic E-state index is 0.0103. The minimum atomic E-state index is -0.283. The van der Waals surface area contributed by atoms with Gasteiger partial charge in [0.05, 0.1) is 12.1 Å². The Morgan fingerprint density at radius 1 is 0.641 bits per heavy atom. The average molecular weight is 517 g/mol. The fourth-order valence-electron chi connectivity index (χ4n) is 5.79. The smallest absolute Gasteiger partial charge is 0.224 e. The first-order valence-corrected chi connectivity index (χ1v) is 13.7. The van der Waals surface area contributed by atoms with Crippen molar-refractivity contribution in [3.63, 3.8) is 0 Å². The lowest BCUT2D eigenvalue weighted by atomic mass is 9.53. The maximum atomic E-state index is 13.6. The van der Waals surface area contributed by atoms with Crippen LogP contribution in [0.4, 0.5) is 0 Å². The lowest BCUT2D eigenvalue weighted by Gasteiger charge is -2.51. The normalized spacial score (nSPS) is 17.8. The Morgan fingerprint density at radius 2 is 1.00 bits per heavy atom. The van der Waals surface area contributed by atoms with E-state index in [1.54, 1.807) is 0 Å². The van der Waals surface area contributed by atoms with Gasteiger partial charge in [-0.3, -0.25) is 9.59 Å². The lowest BCUT2D eigenvalue weighted by Crippen LogP contribution is -2.54. The number of nitrogens with one attached hydrogen (secondary N) is 2. The van der Waals surface area contributed by atoms with Gasteiger partial charge >= 0.3 is 0 Å². The summed E-state index contributed by atoms with van der Waals surface area (Å²) in [4.78, 5) is 26.9. The van der Waals surface area contributed by atoms with E-state index in [9.17, 15) is 9.59 Å². The van der Waals surface area contributed by atoms with Gasteiger partial charge in [0, 0.05) is 12.3 Å². The van der Waals surface area contributed by atoms with Crippen LogP contribution in [0.5, 0.6) is 0 Å². The highest BCUT2D eigenvalue weighted by molar-refractivity contribution is 5.83. The number of benzene rings is 4. The van der Waals surface area contributed by atoms with Crippen LogP contribution in [0.2, 0.25) is 0 Å². The third-order valence-electron chi connectivity index (χ3n) is 8.34. The summed E-state index contributed by atoms with van der Waals surface area (Å²) in [5.74, 6) is 0.0357. The second kappa shape index (κ2) is 11.7. The largest absolute Gasteiger partial charge is 0.345 e. The van der Waals surface area contributed by atoms with E-state index in [-0.39, 0.29) is 41.1 Å². The molecule has 0 spiro atoms. The molecule has 1 fully saturated rings. The molecular weight excluding hydrogens is 480 g/mol. The summed E-state index contributed by atoms with van der Waals surface area (Å²) in [6.45, 7) is 4.23. The molecule has 0 saturated heterocycles. The average Bonchev–Trinajstić information content (AvgIpc) is 2.98. The number of carbonyl (C=O) groups is 2. The number of hydrogen-bond donors (Lipinski definition) is 2. The molecule has 1 saturated carbocycles. The fraction of sp³-hybridized carbons (Fsp3) is 0.257. The van der Waals surface area contributed by atoms with Crippen molar-refractivity contribution in [1.29, 1.82) is 0 Å². The molecule has 2 N–H and O–H groups in total. The van der Waals surface area contributed by atoms with Crippen molar-refractivity contribution < 1.29 is 9.59 Å². The first-order valence-electron chi connectivity index (χ1n) is 13.7. The maximum absolute atomic E-state index is 13.6. The zero-order chi connectivity index (χ0) is 27.2. The van der Waals surface area contributed by atoms with Crippen LogP contribution in [0, 0.1) is 17.3 Å². The molecular formula is C35H36N2O2. The number of hydrogen-bond acceptors (Lipinski definition) is 2. The highest BCUT2D eigenvalue weighted by atomic mass is 16.2. The van der Waals surface area contributed by atoms with E-state index in [4.69, 9.17) is 0 Å². The van der Waals surface area contributed by atoms with Crippen LogP contribution in [0.3, 0.4) is 0 Å². The first-order chi connectivity index (χ1) is 18.9. The van der Waals surface area contributed by atoms with E-state index in [0.29, 0.717) is 12.8 Å². The summed E-state index contributed by atoms with van der Waals surface area (Å²) in [6.07, 6.45) is 1.09. The monoisotopic (exact) mass is 516 g/mol. The van der Waals surface area contributed by atoms with Crippen LogP contribution in [0.25, 0.3) is 0 Å². The molecule has 0 radical (unpaired) electrons. The predicted octanol–water partition coefficient (Wildman–Crippen LogP) is 6.85. The molecule has 1 aliphatic carbocycles. The van der Waals surface area contributed by atoms with Gasteiger partial charge in [0.1, 0.15) is 0 Å². The summed E-state index contributed by atoms with van der Waals surface area (Å²) >= 11 is 0. The van der Waals surface area contributed by atoms with Gasteiger partial charge in [0.2, 0.25) is 11.8 Å². The van der Waals surface area contributed by atoms with E-state index >= 15 is 0 Å². The molecule has 0 aromatic heterocycles. The van der Waals surface area contributed by atoms with Crippen molar-refractivity contribution in [3.05, 3.63) is 144 Å². The lowest BCUT2D eigenvalue weighted by molar-refractivity contribution is -0.145. The van der Waals surface area contributed by atoms with Gasteiger partial charge in [0.15, 0.2) is 0 Å². The first kappa shape index (κ1) is 26.4. The number of carbonyl (C=O) groups excluding carboxylic acids is 2. The van der Waals surface area contributed by atoms with Crippen molar-refractivity contribution in [3.8, 4) is 0 Å². The van der Waals surface area contributed by atoms with Crippen molar-refractivity contribution in [2.75, 3.05) is 0 Å². The molecule has 0 unspecified atom stereocenters. The topological polar surface area (TPSA) is 58.2 Å². The van der Waals surface area contributed by atoms with Gasteiger partial charge in [0.25, 0.3) is 0 Å². The third-order valence-corrected chi connectivity index (χ3v) is 8.34. The highest BCUT2D eigenvalue weighted by Gasteiger charge is 2.52. The Kier molecular flexibility index (Phi) is 7.92. The van der Waals surface area contributed by atoms with Gasteiger partial charge in [-0.25, -0.2) is 0 Å². The van der Waals surface area contributed by atoms with Crippen LogP contribution in [-0.4, -0.2) is 11.8 Å². The molecule has 0 heterocycles. The molecule has 39 heavy (non-hydrogen) atoms. The Bertz CT molecular complexity index is 1290. The van der Waals surface area contributed by atoms with Crippen LogP contribution >= 0.6 is 0 Å². The fourth-order valence-corrected chi connectivity index (χ4v) is 5.79. The van der Waals surface area contributed by atoms with E-state index < -0.39 is 0 Å². The van der Waals surface area contributed by atoms with Gasteiger partial charge in [-0.15, -0.1) is 0 Å². The van der Waals surface area contributed by atoms with Crippen molar-refractivity contribution in [2.24, 2.45) is 17.3 Å². The predicted molar refractivity (Wildman–Crippen MR) is 156 cm³/mol. The van der Waals surface area contributed by atoms with Crippen molar-refractivity contribution in [2.45, 2.75) is 38.8 Å². The summed E-state index contributed by atoms with van der Waals surface area (Å²) < 4.78 is 0. The minimum Gasteiger partial charge on any atom is -0.345 e. The molecule has 4 heteroatoms. The molecule has 5 rings (SSSR count). The Labute approximate surface area is 231 Å². The summed E-state index contributed by atoms with van der Waals surface area (Å²) in [7, 11) is 0. The molecule has 2 atom stereocenters. The zero-order valence-electron chi connectivity index (χ0n) is 22.6.